The van der Waals surface area contributed by atoms with Crippen molar-refractivity contribution in [2.45, 2.75) is 284 Å². The van der Waals surface area contributed by atoms with Crippen molar-refractivity contribution in [3.05, 3.63) is 0 Å². The first-order valence-corrected chi connectivity index (χ1v) is 31.1. The summed E-state index contributed by atoms with van der Waals surface area (Å²) in [6.07, 6.45) is 12.5. The van der Waals surface area contributed by atoms with Crippen LogP contribution in [0.5, 0.6) is 0 Å². The summed E-state index contributed by atoms with van der Waals surface area (Å²) < 4.78 is 0. The molecular weight excluding hydrogens is 937 g/mol. The van der Waals surface area contributed by atoms with Gasteiger partial charge in [0.05, 0.1) is 11.8 Å². The predicted molar refractivity (Wildman–Crippen MR) is 330 cm³/mol. The van der Waals surface area contributed by atoms with Gasteiger partial charge in [-0.1, -0.05) is 194 Å². The van der Waals surface area contributed by atoms with Gasteiger partial charge in [-0.05, 0) is 168 Å². The molecule has 0 rings (SSSR count). The Labute approximate surface area is 474 Å². The zero-order valence-corrected chi connectivity index (χ0v) is 56.1. The van der Waals surface area contributed by atoms with Gasteiger partial charge in [0, 0.05) is 39.0 Å². The van der Waals surface area contributed by atoms with Gasteiger partial charge in [-0.3, -0.25) is 19.2 Å². The van der Waals surface area contributed by atoms with E-state index in [1.54, 1.807) is 0 Å². The SMILES string of the molecule is CC(CNC(=O)CC(C(=O)NCC(C)CC(CCC(C)(C)C)C(C)(C)C)C(CC(=O)NCC(C)CC(CCC(C)(C)C)C(C)(C)C)C(=O)NCC(C)CC(CCC(C)(C)C)C(C)(C)C)CC(CCC(C)(C)C)C(C)(C)C. The summed E-state index contributed by atoms with van der Waals surface area (Å²) in [5.41, 5.74) is 1.40. The zero-order chi connectivity index (χ0) is 59.6. The number of carbonyl (C=O) groups is 4. The molecule has 0 aliphatic carbocycles. The molecule has 0 saturated heterocycles. The van der Waals surface area contributed by atoms with Crippen molar-refractivity contribution >= 4 is 23.6 Å². The van der Waals surface area contributed by atoms with Crippen molar-refractivity contribution in [1.29, 1.82) is 0 Å². The Morgan fingerprint density at radius 3 is 0.658 bits per heavy atom. The summed E-state index contributed by atoms with van der Waals surface area (Å²) in [6.45, 7) is 66.1. The molecule has 10 atom stereocenters. The van der Waals surface area contributed by atoms with E-state index < -0.39 is 11.8 Å². The van der Waals surface area contributed by atoms with Gasteiger partial charge in [0.25, 0.3) is 0 Å². The molecular formula is C68H134N4O4. The maximum absolute atomic E-state index is 15.0. The largest absolute Gasteiger partial charge is 0.356 e. The lowest BCUT2D eigenvalue weighted by molar-refractivity contribution is -0.140. The highest BCUT2D eigenvalue weighted by Crippen LogP contribution is 2.41. The Morgan fingerprint density at radius 1 is 0.303 bits per heavy atom. The number of hydrogen-bond acceptors (Lipinski definition) is 4. The molecule has 10 unspecified atom stereocenters. The topological polar surface area (TPSA) is 116 Å². The van der Waals surface area contributed by atoms with Gasteiger partial charge in [0.2, 0.25) is 23.6 Å². The standard InChI is InChI=1S/C68H134N4O4/c1-47(37-51(65(17,18)19)29-33-61(5,6)7)43-69-57(73)41-55(59(75)71-45-49(3)39-53(67(23,24)25)31-35-63(11,12)13)56(60(76)72-46-50(4)40-54(68(26,27)28)32-36-64(14,15)16)42-58(74)70-44-48(2)38-52(66(20,21)22)30-34-62(8,9)10/h47-56H,29-46H2,1-28H3,(H,69,73)(H,70,74)(H,71,75)(H,72,76). The molecule has 0 aromatic heterocycles. The van der Waals surface area contributed by atoms with Gasteiger partial charge in [-0.25, -0.2) is 0 Å². The van der Waals surface area contributed by atoms with Crippen LogP contribution in [0.1, 0.15) is 284 Å². The molecule has 76 heavy (non-hydrogen) atoms. The molecule has 8 nitrogen and oxygen atoms in total. The summed E-state index contributed by atoms with van der Waals surface area (Å²) in [4.78, 5) is 58.6. The zero-order valence-electron chi connectivity index (χ0n) is 56.1. The Hall–Kier alpha value is -2.12. The Balaban J connectivity index is 7.14. The van der Waals surface area contributed by atoms with Crippen LogP contribution in [0.2, 0.25) is 0 Å². The van der Waals surface area contributed by atoms with E-state index in [4.69, 9.17) is 0 Å². The maximum Gasteiger partial charge on any atom is 0.224 e. The van der Waals surface area contributed by atoms with Crippen LogP contribution in [0, 0.1) is 102 Å². The highest BCUT2D eigenvalue weighted by atomic mass is 16.2. The molecule has 450 valence electrons. The van der Waals surface area contributed by atoms with E-state index >= 15 is 0 Å². The number of amides is 4. The Bertz CT molecular complexity index is 1550. The van der Waals surface area contributed by atoms with Crippen molar-refractivity contribution in [2.24, 2.45) is 102 Å². The molecule has 0 aromatic rings. The van der Waals surface area contributed by atoms with E-state index in [-0.39, 0.29) is 103 Å². The molecule has 4 amide bonds. The monoisotopic (exact) mass is 1070 g/mol. The van der Waals surface area contributed by atoms with Crippen molar-refractivity contribution < 1.29 is 19.2 Å². The van der Waals surface area contributed by atoms with Crippen LogP contribution in [0.4, 0.5) is 0 Å². The highest BCUT2D eigenvalue weighted by molar-refractivity contribution is 5.94. The average Bonchev–Trinajstić information content (AvgIpc) is 3.21. The first-order chi connectivity index (χ1) is 34.0. The van der Waals surface area contributed by atoms with Crippen molar-refractivity contribution in [3.8, 4) is 0 Å². The third kappa shape index (κ3) is 34.8. The van der Waals surface area contributed by atoms with Crippen LogP contribution in [0.3, 0.4) is 0 Å². The van der Waals surface area contributed by atoms with Crippen LogP contribution < -0.4 is 21.3 Å². The lowest BCUT2D eigenvalue weighted by Crippen LogP contribution is -2.48. The van der Waals surface area contributed by atoms with Gasteiger partial charge in [-0.15, -0.1) is 0 Å². The lowest BCUT2D eigenvalue weighted by Gasteiger charge is -2.35. The van der Waals surface area contributed by atoms with Crippen LogP contribution in [0.25, 0.3) is 0 Å². The fourth-order valence-corrected chi connectivity index (χ4v) is 11.1. The third-order valence-electron chi connectivity index (χ3n) is 17.1. The van der Waals surface area contributed by atoms with Gasteiger partial charge in [-0.2, -0.15) is 0 Å². The second-order valence-electron chi connectivity index (χ2n) is 34.7. The Morgan fingerprint density at radius 2 is 0.487 bits per heavy atom. The summed E-state index contributed by atoms with van der Waals surface area (Å²) in [6, 6.07) is 0. The lowest BCUT2D eigenvalue weighted by atomic mass is 9.71. The average molecular weight is 1070 g/mol. The van der Waals surface area contributed by atoms with E-state index in [1.807, 2.05) is 0 Å². The van der Waals surface area contributed by atoms with Gasteiger partial charge < -0.3 is 21.3 Å². The van der Waals surface area contributed by atoms with Gasteiger partial charge >= 0.3 is 0 Å². The first kappa shape index (κ1) is 73.9. The smallest absolute Gasteiger partial charge is 0.224 e. The van der Waals surface area contributed by atoms with E-state index in [9.17, 15) is 19.2 Å². The summed E-state index contributed by atoms with van der Waals surface area (Å²) in [7, 11) is 0. The molecule has 0 aliphatic heterocycles. The van der Waals surface area contributed by atoms with Crippen LogP contribution in [0.15, 0.2) is 0 Å². The molecule has 0 aromatic carbocycles. The number of nitrogens with one attached hydrogen (secondary N) is 4. The number of hydrogen-bond donors (Lipinski definition) is 4. The predicted octanol–water partition coefficient (Wildman–Crippen LogP) is 17.5. The van der Waals surface area contributed by atoms with E-state index in [2.05, 4.69) is 215 Å². The molecule has 0 heterocycles. The fourth-order valence-electron chi connectivity index (χ4n) is 11.1. The molecule has 0 radical (unpaired) electrons. The van der Waals surface area contributed by atoms with E-state index in [0.717, 1.165) is 77.0 Å². The van der Waals surface area contributed by atoms with Crippen LogP contribution in [-0.2, 0) is 19.2 Å². The van der Waals surface area contributed by atoms with Crippen LogP contribution >= 0.6 is 0 Å². The quantitative estimate of drug-likeness (QED) is 0.0553. The molecule has 8 heteroatoms. The minimum absolute atomic E-state index is 0.103. The molecule has 0 spiro atoms. The molecule has 0 aliphatic rings. The summed E-state index contributed by atoms with van der Waals surface area (Å²) >= 11 is 0. The minimum Gasteiger partial charge on any atom is -0.356 e. The summed E-state index contributed by atoms with van der Waals surface area (Å²) in [5.74, 6) is -0.569. The summed E-state index contributed by atoms with van der Waals surface area (Å²) in [5, 5.41) is 13.0. The first-order valence-electron chi connectivity index (χ1n) is 31.1. The van der Waals surface area contributed by atoms with E-state index in [1.165, 1.54) is 0 Å². The minimum atomic E-state index is -1.04. The maximum atomic E-state index is 15.0. The second kappa shape index (κ2) is 31.2. The van der Waals surface area contributed by atoms with E-state index in [0.29, 0.717) is 49.9 Å². The second-order valence-corrected chi connectivity index (χ2v) is 34.7. The molecule has 0 bridgehead atoms. The Kier molecular flexibility index (Phi) is 30.3. The van der Waals surface area contributed by atoms with Gasteiger partial charge in [0.15, 0.2) is 0 Å². The normalized spacial score (nSPS) is 17.6. The highest BCUT2D eigenvalue weighted by Gasteiger charge is 2.39. The molecule has 0 saturated carbocycles. The molecule has 4 N–H and O–H groups in total. The van der Waals surface area contributed by atoms with Crippen molar-refractivity contribution in [3.63, 3.8) is 0 Å². The number of carbonyl (C=O) groups excluding carboxylic acids is 4. The van der Waals surface area contributed by atoms with Crippen LogP contribution in [-0.4, -0.2) is 49.8 Å². The van der Waals surface area contributed by atoms with Crippen molar-refractivity contribution in [2.75, 3.05) is 26.2 Å². The fraction of sp³-hybridized carbons (Fsp3) is 0.941. The molecule has 0 fully saturated rings. The third-order valence-corrected chi connectivity index (χ3v) is 17.1. The van der Waals surface area contributed by atoms with Crippen molar-refractivity contribution in [1.82, 2.24) is 21.3 Å². The van der Waals surface area contributed by atoms with Gasteiger partial charge in [0.1, 0.15) is 0 Å². The number of rotatable bonds is 31.